The van der Waals surface area contributed by atoms with Crippen LogP contribution in [-0.4, -0.2) is 15.3 Å². The lowest BCUT2D eigenvalue weighted by Crippen LogP contribution is -2.06. The van der Waals surface area contributed by atoms with Crippen molar-refractivity contribution in [3.8, 4) is 0 Å². The van der Waals surface area contributed by atoms with Gasteiger partial charge in [-0.15, -0.1) is 11.3 Å². The summed E-state index contributed by atoms with van der Waals surface area (Å²) in [5, 5.41) is 3.13. The van der Waals surface area contributed by atoms with E-state index in [9.17, 15) is 4.79 Å². The number of nitrogens with zero attached hydrogens (tertiary/aromatic N) is 2. The summed E-state index contributed by atoms with van der Waals surface area (Å²) in [5.41, 5.74) is 1.83. The maximum atomic E-state index is 11.8. The Kier molecular flexibility index (Phi) is 3.43. The summed E-state index contributed by atoms with van der Waals surface area (Å²) in [5.74, 6) is 0.241. The number of thiazole rings is 1. The molecule has 0 atom stereocenters. The van der Waals surface area contributed by atoms with Gasteiger partial charge in [0.2, 0.25) is 0 Å². The fraction of sp³-hybridized carbons (Fsp3) is 0.385. The van der Waals surface area contributed by atoms with Crippen molar-refractivity contribution in [2.75, 3.05) is 0 Å². The highest BCUT2D eigenvalue weighted by Crippen LogP contribution is 2.12. The second-order valence-electron chi connectivity index (χ2n) is 4.45. The van der Waals surface area contributed by atoms with E-state index in [2.05, 4.69) is 10.4 Å². The highest BCUT2D eigenvalue weighted by Gasteiger charge is 2.11. The van der Waals surface area contributed by atoms with Crippen LogP contribution in [0.25, 0.3) is 0 Å². The Balaban J connectivity index is 2.11. The first kappa shape index (κ1) is 12.0. The van der Waals surface area contributed by atoms with Crippen LogP contribution in [0.4, 0.5) is 0 Å². The van der Waals surface area contributed by atoms with Crippen LogP contribution in [0.2, 0.25) is 0 Å². The summed E-state index contributed by atoms with van der Waals surface area (Å²) in [6, 6.07) is 1.88. The molecule has 0 unspecified atom stereocenters. The third-order valence-corrected chi connectivity index (χ3v) is 3.39. The van der Waals surface area contributed by atoms with Crippen LogP contribution in [0.15, 0.2) is 23.8 Å². The molecule has 0 radical (unpaired) electrons. The molecule has 0 spiro atoms. The van der Waals surface area contributed by atoms with E-state index in [1.165, 1.54) is 0 Å². The van der Waals surface area contributed by atoms with Gasteiger partial charge < -0.3 is 4.57 Å². The molecule has 0 saturated heterocycles. The summed E-state index contributed by atoms with van der Waals surface area (Å²) in [7, 11) is 0. The van der Waals surface area contributed by atoms with Gasteiger partial charge in [-0.25, -0.2) is 4.98 Å². The Morgan fingerprint density at radius 2 is 2.29 bits per heavy atom. The third-order valence-electron chi connectivity index (χ3n) is 2.57. The number of aromatic nitrogens is 2. The predicted molar refractivity (Wildman–Crippen MR) is 69.6 cm³/mol. The van der Waals surface area contributed by atoms with Crippen LogP contribution in [0.3, 0.4) is 0 Å². The molecule has 17 heavy (non-hydrogen) atoms. The molecule has 0 aromatic carbocycles. The Morgan fingerprint density at radius 1 is 1.53 bits per heavy atom. The maximum absolute atomic E-state index is 11.8. The number of hydrogen-bond acceptors (Lipinski definition) is 3. The number of carbonyl (C=O) groups excluding carboxylic acids is 1. The summed E-state index contributed by atoms with van der Waals surface area (Å²) in [4.78, 5) is 16.2. The van der Waals surface area contributed by atoms with E-state index in [1.54, 1.807) is 11.3 Å². The van der Waals surface area contributed by atoms with E-state index >= 15 is 0 Å². The first-order valence-corrected chi connectivity index (χ1v) is 6.55. The zero-order valence-electron chi connectivity index (χ0n) is 10.3. The van der Waals surface area contributed by atoms with E-state index in [0.29, 0.717) is 0 Å². The third kappa shape index (κ3) is 2.82. The van der Waals surface area contributed by atoms with Crippen molar-refractivity contribution >= 4 is 17.1 Å². The first-order chi connectivity index (χ1) is 8.06. The van der Waals surface area contributed by atoms with Crippen molar-refractivity contribution in [1.29, 1.82) is 0 Å². The molecule has 0 bridgehead atoms. The van der Waals surface area contributed by atoms with Crippen LogP contribution in [0.1, 0.15) is 34.9 Å². The van der Waals surface area contributed by atoms with Gasteiger partial charge in [0.1, 0.15) is 0 Å². The second-order valence-corrected chi connectivity index (χ2v) is 5.51. The lowest BCUT2D eigenvalue weighted by Gasteiger charge is -2.01. The Hall–Kier alpha value is -1.42. The molecular weight excluding hydrogens is 232 g/mol. The monoisotopic (exact) mass is 248 g/mol. The number of ketones is 1. The molecular formula is C13H16N2OS. The largest absolute Gasteiger partial charge is 0.348 e. The molecule has 4 heteroatoms. The van der Waals surface area contributed by atoms with Gasteiger partial charge in [0, 0.05) is 29.3 Å². The summed E-state index contributed by atoms with van der Waals surface area (Å²) in [6.45, 7) is 6.57. The van der Waals surface area contributed by atoms with Gasteiger partial charge in [-0.1, -0.05) is 13.8 Å². The van der Waals surface area contributed by atoms with Gasteiger partial charge in [-0.05, 0) is 13.0 Å². The van der Waals surface area contributed by atoms with Crippen LogP contribution in [-0.2, 0) is 6.54 Å². The minimum absolute atomic E-state index is 0.0485. The summed E-state index contributed by atoms with van der Waals surface area (Å²) in [6.07, 6.45) is 3.83. The van der Waals surface area contributed by atoms with E-state index in [-0.39, 0.29) is 11.7 Å². The number of Topliss-reactive ketones (excluding diaryl/α,β-unsaturated/α-hetero) is 1. The van der Waals surface area contributed by atoms with Crippen LogP contribution >= 0.6 is 11.3 Å². The highest BCUT2D eigenvalue weighted by atomic mass is 32.1. The quantitative estimate of drug-likeness (QED) is 0.779. The summed E-state index contributed by atoms with van der Waals surface area (Å²) < 4.78 is 2.00. The van der Waals surface area contributed by atoms with Crippen molar-refractivity contribution in [3.05, 3.63) is 40.1 Å². The zero-order chi connectivity index (χ0) is 12.4. The number of hydrogen-bond donors (Lipinski definition) is 0. The Morgan fingerprint density at radius 3 is 2.88 bits per heavy atom. The molecule has 0 amide bonds. The minimum atomic E-state index is 0.0485. The van der Waals surface area contributed by atoms with Gasteiger partial charge in [-0.3, -0.25) is 4.79 Å². The van der Waals surface area contributed by atoms with Crippen molar-refractivity contribution in [2.45, 2.75) is 27.3 Å². The van der Waals surface area contributed by atoms with Crippen molar-refractivity contribution in [1.82, 2.24) is 9.55 Å². The minimum Gasteiger partial charge on any atom is -0.348 e. The van der Waals surface area contributed by atoms with Crippen molar-refractivity contribution < 1.29 is 4.79 Å². The van der Waals surface area contributed by atoms with E-state index in [1.807, 2.05) is 43.8 Å². The molecule has 0 aliphatic rings. The van der Waals surface area contributed by atoms with Gasteiger partial charge in [0.25, 0.3) is 0 Å². The van der Waals surface area contributed by atoms with Gasteiger partial charge in [-0.2, -0.15) is 0 Å². The van der Waals surface area contributed by atoms with E-state index < -0.39 is 0 Å². The summed E-state index contributed by atoms with van der Waals surface area (Å²) >= 11 is 1.65. The molecule has 2 heterocycles. The smallest absolute Gasteiger partial charge is 0.166 e. The first-order valence-electron chi connectivity index (χ1n) is 5.67. The molecule has 0 aliphatic heterocycles. The normalized spacial score (nSPS) is 11.1. The second kappa shape index (κ2) is 4.84. The van der Waals surface area contributed by atoms with Crippen LogP contribution < -0.4 is 0 Å². The fourth-order valence-electron chi connectivity index (χ4n) is 1.69. The average molecular weight is 248 g/mol. The van der Waals surface area contributed by atoms with E-state index in [0.717, 1.165) is 22.8 Å². The fourth-order valence-corrected chi connectivity index (χ4v) is 2.29. The van der Waals surface area contributed by atoms with Crippen molar-refractivity contribution in [2.24, 2.45) is 5.92 Å². The molecule has 2 aromatic rings. The van der Waals surface area contributed by atoms with Crippen LogP contribution in [0, 0.1) is 12.8 Å². The molecule has 90 valence electrons. The maximum Gasteiger partial charge on any atom is 0.166 e. The SMILES string of the molecule is Cc1nc(Cn2ccc(C(=O)C(C)C)c2)cs1. The predicted octanol–water partition coefficient (Wildman–Crippen LogP) is 3.14. The molecule has 3 nitrogen and oxygen atoms in total. The Labute approximate surface area is 105 Å². The highest BCUT2D eigenvalue weighted by molar-refractivity contribution is 7.09. The zero-order valence-corrected chi connectivity index (χ0v) is 11.1. The Bertz CT molecular complexity index is 525. The molecule has 0 aliphatic carbocycles. The van der Waals surface area contributed by atoms with Crippen molar-refractivity contribution in [3.63, 3.8) is 0 Å². The average Bonchev–Trinajstić information content (AvgIpc) is 2.87. The molecule has 2 rings (SSSR count). The standard InChI is InChI=1S/C13H16N2OS/c1-9(2)13(16)11-4-5-15(6-11)7-12-8-17-10(3)14-12/h4-6,8-9H,7H2,1-3H3. The van der Waals surface area contributed by atoms with Gasteiger partial charge in [0.05, 0.1) is 17.2 Å². The van der Waals surface area contributed by atoms with E-state index in [4.69, 9.17) is 0 Å². The van der Waals surface area contributed by atoms with Gasteiger partial charge in [0.15, 0.2) is 5.78 Å². The molecule has 0 fully saturated rings. The molecule has 0 N–H and O–H groups in total. The lowest BCUT2D eigenvalue weighted by atomic mass is 10.0. The number of aryl methyl sites for hydroxylation is 1. The number of carbonyl (C=O) groups is 1. The molecule has 2 aromatic heterocycles. The van der Waals surface area contributed by atoms with Crippen LogP contribution in [0.5, 0.6) is 0 Å². The lowest BCUT2D eigenvalue weighted by molar-refractivity contribution is 0.0939. The topological polar surface area (TPSA) is 34.9 Å². The number of rotatable bonds is 4. The van der Waals surface area contributed by atoms with Gasteiger partial charge >= 0.3 is 0 Å². The molecule has 0 saturated carbocycles.